The van der Waals surface area contributed by atoms with Crippen molar-refractivity contribution < 1.29 is 38.5 Å². The number of hydrogen-bond acceptors (Lipinski definition) is 8. The van der Waals surface area contributed by atoms with Gasteiger partial charge in [0.2, 0.25) is 0 Å². The number of phosphoric acid groups is 2. The van der Waals surface area contributed by atoms with E-state index in [0.29, 0.717) is 0 Å². The number of hydrogen-bond donors (Lipinski definition) is 0. The van der Waals surface area contributed by atoms with Crippen LogP contribution in [0.4, 0.5) is 0 Å². The van der Waals surface area contributed by atoms with E-state index in [0.717, 1.165) is 0 Å². The first-order valence-corrected chi connectivity index (χ1v) is 4.38. The van der Waals surface area contributed by atoms with E-state index in [1.807, 2.05) is 0 Å². The van der Waals surface area contributed by atoms with Crippen LogP contribution in [0.5, 0.6) is 0 Å². The summed E-state index contributed by atoms with van der Waals surface area (Å²) < 4.78 is 17.1. The van der Waals surface area contributed by atoms with Gasteiger partial charge < -0.3 is 38.5 Å². The fourth-order valence-corrected chi connectivity index (χ4v) is 0. The summed E-state index contributed by atoms with van der Waals surface area (Å²) in [6.07, 6.45) is 0. The van der Waals surface area contributed by atoms with Gasteiger partial charge in [0.05, 0.1) is 0 Å². The van der Waals surface area contributed by atoms with Crippen LogP contribution in [0.3, 0.4) is 0 Å². The maximum Gasteiger partial charge on any atom is 2.00 e. The summed E-state index contributed by atoms with van der Waals surface area (Å²) in [4.78, 5) is 51.3. The van der Waals surface area contributed by atoms with E-state index in [-0.39, 0.29) is 52.1 Å². The van der Waals surface area contributed by atoms with Gasteiger partial charge in [0.1, 0.15) is 0 Å². The van der Waals surface area contributed by atoms with E-state index >= 15 is 0 Å². The molecule has 0 aromatic heterocycles. The van der Waals surface area contributed by atoms with Crippen LogP contribution < -0.4 is 29.4 Å². The predicted octanol–water partition coefficient (Wildman–Crippen LogP) is -6.79. The summed E-state index contributed by atoms with van der Waals surface area (Å²) in [7, 11) is -10.8. The average Bonchev–Trinajstić information content (AvgIpc) is 1.12. The molecule has 0 aromatic rings. The van der Waals surface area contributed by atoms with Gasteiger partial charge in [-0.15, -0.1) is 0 Å². The third-order valence-corrected chi connectivity index (χ3v) is 0. The zero-order valence-electron chi connectivity index (χ0n) is 5.89. The smallest absolute Gasteiger partial charge is 0.822 e. The molecule has 0 fully saturated rings. The van der Waals surface area contributed by atoms with Crippen molar-refractivity contribution >= 4 is 67.7 Å². The summed E-state index contributed by atoms with van der Waals surface area (Å²) >= 11 is 0. The molecule has 3 radical (unpaired) electrons. The Morgan fingerprint density at radius 1 is 0.538 bits per heavy atom. The molecule has 0 amide bonds. The second-order valence-corrected chi connectivity index (χ2v) is 2.68. The van der Waals surface area contributed by atoms with Gasteiger partial charge in [-0.25, -0.2) is 0 Å². The summed E-state index contributed by atoms with van der Waals surface area (Å²) in [6.45, 7) is 0. The van der Waals surface area contributed by atoms with Crippen LogP contribution in [0, 0.1) is 0 Å². The van der Waals surface area contributed by atoms with Gasteiger partial charge in [0.25, 0.3) is 0 Å². The van der Waals surface area contributed by atoms with Crippen LogP contribution in [0.1, 0.15) is 0 Å². The molecule has 8 nitrogen and oxygen atoms in total. The van der Waals surface area contributed by atoms with E-state index < -0.39 is 15.6 Å². The average molecular weight is 271 g/mol. The Morgan fingerprint density at radius 2 is 0.538 bits per heavy atom. The maximum atomic E-state index is 8.55. The molecule has 13 heteroatoms. The fraction of sp³-hybridized carbons (Fsp3) is 0. The third kappa shape index (κ3) is 584. The van der Waals surface area contributed by atoms with E-state index in [9.17, 15) is 0 Å². The molecule has 0 saturated carbocycles. The third-order valence-electron chi connectivity index (χ3n) is 0. The predicted molar refractivity (Wildman–Crippen MR) is 32.5 cm³/mol. The Kier molecular flexibility index (Phi) is 26.8. The normalized spacial score (nSPS) is 9.08. The molecule has 0 saturated heterocycles. The maximum absolute atomic E-state index is 8.55. The molecule has 0 N–H and O–H groups in total. The summed E-state index contributed by atoms with van der Waals surface area (Å²) in [6, 6.07) is 0. The molecule has 0 aliphatic rings. The molecule has 0 atom stereocenters. The Bertz CT molecular complexity index is 130. The van der Waals surface area contributed by atoms with Gasteiger partial charge in [-0.3, -0.25) is 0 Å². The van der Waals surface area contributed by atoms with E-state index in [2.05, 4.69) is 0 Å². The van der Waals surface area contributed by atoms with Crippen LogP contribution in [0.25, 0.3) is 0 Å². The molecular formula is Al3O8P2. The Morgan fingerprint density at radius 3 is 0.538 bits per heavy atom. The summed E-state index contributed by atoms with van der Waals surface area (Å²) in [5, 5.41) is 0. The van der Waals surface area contributed by atoms with Gasteiger partial charge >= 0.3 is 52.1 Å². The molecule has 0 spiro atoms. The standard InChI is InChI=1S/3Al.2H3O4P/c;;;2*1-5(2,3)4/h;;;2*(H3,1,2,3,4)/q3*+2;;/p-6. The molecule has 0 aliphatic carbocycles. The molecular weight excluding hydrogens is 271 g/mol. The zero-order valence-corrected chi connectivity index (χ0v) is 11.1. The van der Waals surface area contributed by atoms with Crippen molar-refractivity contribution in [3.8, 4) is 0 Å². The quantitative estimate of drug-likeness (QED) is 0.308. The Hall–Kier alpha value is 1.82. The molecule has 0 rings (SSSR count). The molecule has 0 unspecified atom stereocenters. The van der Waals surface area contributed by atoms with Gasteiger partial charge in [-0.2, -0.15) is 15.6 Å². The van der Waals surface area contributed by atoms with Crippen molar-refractivity contribution in [3.63, 3.8) is 0 Å². The van der Waals surface area contributed by atoms with Gasteiger partial charge in [0, 0.05) is 0 Å². The molecule has 0 aliphatic heterocycles. The van der Waals surface area contributed by atoms with E-state index in [4.69, 9.17) is 38.5 Å². The SMILES string of the molecule is O=P([O-])([O-])[O-].O=P([O-])([O-])[O-].[Al+2].[Al+2].[Al+2]. The van der Waals surface area contributed by atoms with Crippen LogP contribution in [-0.2, 0) is 9.13 Å². The van der Waals surface area contributed by atoms with E-state index in [1.54, 1.807) is 0 Å². The van der Waals surface area contributed by atoms with Crippen LogP contribution in [0.2, 0.25) is 0 Å². The van der Waals surface area contributed by atoms with Crippen LogP contribution in [0.15, 0.2) is 0 Å². The molecule has 0 heterocycles. The van der Waals surface area contributed by atoms with Crippen molar-refractivity contribution in [3.05, 3.63) is 0 Å². The van der Waals surface area contributed by atoms with Crippen molar-refractivity contribution in [2.45, 2.75) is 0 Å². The van der Waals surface area contributed by atoms with Crippen molar-refractivity contribution in [1.82, 2.24) is 0 Å². The topological polar surface area (TPSA) is 172 Å². The molecule has 0 aromatic carbocycles. The largest absolute Gasteiger partial charge is 2.00 e. The van der Waals surface area contributed by atoms with Gasteiger partial charge in [-0.05, 0) is 0 Å². The minimum absolute atomic E-state index is 0. The number of rotatable bonds is 0. The Labute approximate surface area is 106 Å². The first kappa shape index (κ1) is 29.4. The first-order chi connectivity index (χ1) is 4.00. The zero-order chi connectivity index (χ0) is 9.00. The van der Waals surface area contributed by atoms with Crippen LogP contribution in [-0.4, -0.2) is 52.1 Å². The summed E-state index contributed by atoms with van der Waals surface area (Å²) in [5.41, 5.74) is 0. The summed E-state index contributed by atoms with van der Waals surface area (Å²) in [5.74, 6) is 0. The molecule has 0 bridgehead atoms. The van der Waals surface area contributed by atoms with Crippen molar-refractivity contribution in [2.75, 3.05) is 0 Å². The van der Waals surface area contributed by atoms with Gasteiger partial charge in [-0.1, -0.05) is 0 Å². The second kappa shape index (κ2) is 11.9. The van der Waals surface area contributed by atoms with Crippen molar-refractivity contribution in [1.29, 1.82) is 0 Å². The minimum Gasteiger partial charge on any atom is -0.822 e. The molecule has 13 heavy (non-hydrogen) atoms. The fourth-order valence-electron chi connectivity index (χ4n) is 0. The first-order valence-electron chi connectivity index (χ1n) is 1.46. The Balaban J connectivity index is -0.0000000267. The second-order valence-electron chi connectivity index (χ2n) is 0.894. The van der Waals surface area contributed by atoms with Gasteiger partial charge in [0.15, 0.2) is 0 Å². The van der Waals surface area contributed by atoms with E-state index in [1.165, 1.54) is 0 Å². The molecule has 67 valence electrons. The monoisotopic (exact) mass is 271 g/mol. The minimum atomic E-state index is -5.39. The van der Waals surface area contributed by atoms with Crippen molar-refractivity contribution in [2.24, 2.45) is 0 Å². The van der Waals surface area contributed by atoms with Crippen LogP contribution >= 0.6 is 15.6 Å².